The van der Waals surface area contributed by atoms with E-state index < -0.39 is 34.8 Å². The minimum atomic E-state index is -1.73. The summed E-state index contributed by atoms with van der Waals surface area (Å²) in [7, 11) is 0. The van der Waals surface area contributed by atoms with Crippen molar-refractivity contribution < 1.29 is 18.0 Å². The largest absolute Gasteiger partial charge is 0.345 e. The Morgan fingerprint density at radius 2 is 1.73 bits per heavy atom. The minimum Gasteiger partial charge on any atom is -0.345 e. The fourth-order valence-electron chi connectivity index (χ4n) is 2.39. The number of alkyl halides is 1. The summed E-state index contributed by atoms with van der Waals surface area (Å²) in [5.41, 5.74) is -2.06. The van der Waals surface area contributed by atoms with Crippen LogP contribution in [0.1, 0.15) is 22.3 Å². The summed E-state index contributed by atoms with van der Waals surface area (Å²) in [6, 6.07) is 8.44. The molecular formula is C16H11ClF3NO. The van der Waals surface area contributed by atoms with Gasteiger partial charge >= 0.3 is 0 Å². The standard InChI is InChI=1S/C16H11ClF3NO/c17-10-6-4-9(5-7-10)16(20)8-13(16)21-15(22)14-11(18)2-1-3-12(14)19/h1-7,13H,8H2,(H,21,22)/t13-,16-/m0/s1. The second kappa shape index (κ2) is 5.32. The van der Waals surface area contributed by atoms with Crippen LogP contribution in [0.2, 0.25) is 5.02 Å². The van der Waals surface area contributed by atoms with Crippen molar-refractivity contribution in [2.24, 2.45) is 0 Å². The molecule has 0 aliphatic heterocycles. The van der Waals surface area contributed by atoms with Crippen molar-refractivity contribution in [3.63, 3.8) is 0 Å². The Bertz CT molecular complexity index is 714. The van der Waals surface area contributed by atoms with Gasteiger partial charge in [-0.25, -0.2) is 13.2 Å². The molecule has 22 heavy (non-hydrogen) atoms. The highest BCUT2D eigenvalue weighted by atomic mass is 35.5. The lowest BCUT2D eigenvalue weighted by molar-refractivity contribution is 0.0931. The Morgan fingerprint density at radius 3 is 2.32 bits per heavy atom. The number of rotatable bonds is 3. The lowest BCUT2D eigenvalue weighted by atomic mass is 10.1. The third kappa shape index (κ3) is 2.57. The Kier molecular flexibility index (Phi) is 3.60. The quantitative estimate of drug-likeness (QED) is 0.908. The predicted octanol–water partition coefficient (Wildman–Crippen LogP) is 3.99. The zero-order valence-electron chi connectivity index (χ0n) is 11.2. The molecule has 1 saturated carbocycles. The van der Waals surface area contributed by atoms with E-state index in [1.54, 1.807) is 12.1 Å². The molecular weight excluding hydrogens is 315 g/mol. The lowest BCUT2D eigenvalue weighted by Gasteiger charge is -2.10. The van der Waals surface area contributed by atoms with Gasteiger partial charge in [-0.05, 0) is 29.8 Å². The molecule has 3 rings (SSSR count). The zero-order valence-corrected chi connectivity index (χ0v) is 12.0. The molecule has 1 fully saturated rings. The molecule has 0 spiro atoms. The molecule has 2 nitrogen and oxygen atoms in total. The summed E-state index contributed by atoms with van der Waals surface area (Å²) >= 11 is 5.74. The van der Waals surface area contributed by atoms with E-state index in [-0.39, 0.29) is 6.42 Å². The lowest BCUT2D eigenvalue weighted by Crippen LogP contribution is -2.31. The van der Waals surface area contributed by atoms with Crippen LogP contribution < -0.4 is 5.32 Å². The molecule has 2 atom stereocenters. The molecule has 0 radical (unpaired) electrons. The monoisotopic (exact) mass is 325 g/mol. The van der Waals surface area contributed by atoms with Crippen LogP contribution in [-0.2, 0) is 5.67 Å². The predicted molar refractivity (Wildman–Crippen MR) is 76.5 cm³/mol. The maximum Gasteiger partial charge on any atom is 0.257 e. The van der Waals surface area contributed by atoms with E-state index in [4.69, 9.17) is 11.6 Å². The first-order valence-electron chi connectivity index (χ1n) is 6.61. The first-order valence-corrected chi connectivity index (χ1v) is 6.99. The fraction of sp³-hybridized carbons (Fsp3) is 0.188. The van der Waals surface area contributed by atoms with Crippen LogP contribution in [0.4, 0.5) is 13.2 Å². The molecule has 1 N–H and O–H groups in total. The average molecular weight is 326 g/mol. The summed E-state index contributed by atoms with van der Waals surface area (Å²) < 4.78 is 41.7. The van der Waals surface area contributed by atoms with E-state index in [2.05, 4.69) is 5.32 Å². The van der Waals surface area contributed by atoms with Crippen LogP contribution in [0.25, 0.3) is 0 Å². The third-order valence-corrected chi connectivity index (χ3v) is 3.96. The Balaban J connectivity index is 1.76. The molecule has 114 valence electrons. The van der Waals surface area contributed by atoms with E-state index in [9.17, 15) is 18.0 Å². The number of benzene rings is 2. The van der Waals surface area contributed by atoms with Gasteiger partial charge < -0.3 is 5.32 Å². The topological polar surface area (TPSA) is 29.1 Å². The van der Waals surface area contributed by atoms with Crippen LogP contribution in [-0.4, -0.2) is 11.9 Å². The Labute approximate surface area is 129 Å². The van der Waals surface area contributed by atoms with Gasteiger partial charge in [-0.1, -0.05) is 29.8 Å². The molecule has 0 unspecified atom stereocenters. The Morgan fingerprint density at radius 1 is 1.14 bits per heavy atom. The molecule has 0 saturated heterocycles. The normalized spacial score (nSPS) is 23.2. The molecule has 0 heterocycles. The number of hydrogen-bond donors (Lipinski definition) is 1. The highest BCUT2D eigenvalue weighted by Crippen LogP contribution is 2.50. The van der Waals surface area contributed by atoms with Crippen molar-refractivity contribution in [2.75, 3.05) is 0 Å². The molecule has 0 aromatic heterocycles. The molecule has 6 heteroatoms. The molecule has 1 amide bonds. The van der Waals surface area contributed by atoms with Gasteiger partial charge in [0.15, 0.2) is 5.67 Å². The van der Waals surface area contributed by atoms with Crippen LogP contribution in [0.3, 0.4) is 0 Å². The van der Waals surface area contributed by atoms with Gasteiger partial charge in [0.2, 0.25) is 0 Å². The van der Waals surface area contributed by atoms with Gasteiger partial charge in [-0.2, -0.15) is 0 Å². The minimum absolute atomic E-state index is 0.0520. The second-order valence-electron chi connectivity index (χ2n) is 5.20. The van der Waals surface area contributed by atoms with Gasteiger partial charge in [0.1, 0.15) is 17.2 Å². The molecule has 1 aliphatic carbocycles. The third-order valence-electron chi connectivity index (χ3n) is 3.71. The maximum absolute atomic E-state index is 14.7. The number of carbonyl (C=O) groups is 1. The zero-order chi connectivity index (χ0) is 15.9. The van der Waals surface area contributed by atoms with Crippen LogP contribution >= 0.6 is 11.6 Å². The number of amides is 1. The van der Waals surface area contributed by atoms with Gasteiger partial charge in [0.05, 0.1) is 6.04 Å². The van der Waals surface area contributed by atoms with Crippen molar-refractivity contribution in [2.45, 2.75) is 18.1 Å². The summed E-state index contributed by atoms with van der Waals surface area (Å²) in [6.07, 6.45) is 0.0520. The van der Waals surface area contributed by atoms with E-state index >= 15 is 0 Å². The molecule has 2 aromatic rings. The summed E-state index contributed by atoms with van der Waals surface area (Å²) in [5.74, 6) is -2.92. The van der Waals surface area contributed by atoms with E-state index in [1.165, 1.54) is 12.1 Å². The number of hydrogen-bond acceptors (Lipinski definition) is 1. The SMILES string of the molecule is O=C(N[C@H]1C[C@]1(F)c1ccc(Cl)cc1)c1c(F)cccc1F. The number of nitrogens with one attached hydrogen (secondary N) is 1. The van der Waals surface area contributed by atoms with Crippen LogP contribution in [0, 0.1) is 11.6 Å². The van der Waals surface area contributed by atoms with Crippen molar-refractivity contribution in [1.82, 2.24) is 5.32 Å². The van der Waals surface area contributed by atoms with Gasteiger partial charge in [0, 0.05) is 11.4 Å². The summed E-state index contributed by atoms with van der Waals surface area (Å²) in [4.78, 5) is 11.9. The first kappa shape index (κ1) is 14.9. The Hall–Kier alpha value is -2.01. The molecule has 0 bridgehead atoms. The summed E-state index contributed by atoms with van der Waals surface area (Å²) in [5, 5.41) is 2.80. The van der Waals surface area contributed by atoms with Gasteiger partial charge in [-0.3, -0.25) is 4.79 Å². The van der Waals surface area contributed by atoms with E-state index in [1.807, 2.05) is 0 Å². The van der Waals surface area contributed by atoms with Crippen molar-refractivity contribution in [3.05, 3.63) is 70.2 Å². The summed E-state index contributed by atoms with van der Waals surface area (Å²) in [6.45, 7) is 0. The highest BCUT2D eigenvalue weighted by molar-refractivity contribution is 6.30. The highest BCUT2D eigenvalue weighted by Gasteiger charge is 2.57. The number of carbonyl (C=O) groups excluding carboxylic acids is 1. The average Bonchev–Trinajstić information content (AvgIpc) is 3.10. The van der Waals surface area contributed by atoms with E-state index in [0.717, 1.165) is 18.2 Å². The van der Waals surface area contributed by atoms with Crippen molar-refractivity contribution in [3.8, 4) is 0 Å². The van der Waals surface area contributed by atoms with Crippen molar-refractivity contribution >= 4 is 17.5 Å². The van der Waals surface area contributed by atoms with E-state index in [0.29, 0.717) is 10.6 Å². The fourth-order valence-corrected chi connectivity index (χ4v) is 2.52. The van der Waals surface area contributed by atoms with Crippen LogP contribution in [0.15, 0.2) is 42.5 Å². The maximum atomic E-state index is 14.7. The molecule has 2 aromatic carbocycles. The van der Waals surface area contributed by atoms with Gasteiger partial charge in [0.25, 0.3) is 5.91 Å². The first-order chi connectivity index (χ1) is 10.4. The van der Waals surface area contributed by atoms with Crippen molar-refractivity contribution in [1.29, 1.82) is 0 Å². The van der Waals surface area contributed by atoms with Crippen LogP contribution in [0.5, 0.6) is 0 Å². The van der Waals surface area contributed by atoms with Gasteiger partial charge in [-0.15, -0.1) is 0 Å². The number of halogens is 4. The second-order valence-corrected chi connectivity index (χ2v) is 5.63. The molecule has 1 aliphatic rings. The smallest absolute Gasteiger partial charge is 0.257 e.